The molecule has 0 unspecified atom stereocenters. The Bertz CT molecular complexity index is 599. The van der Waals surface area contributed by atoms with Crippen LogP contribution in [0.25, 0.3) is 0 Å². The average molecular weight is 324 g/mol. The van der Waals surface area contributed by atoms with Crippen molar-refractivity contribution in [3.63, 3.8) is 0 Å². The zero-order chi connectivity index (χ0) is 16.2. The van der Waals surface area contributed by atoms with Crippen molar-refractivity contribution in [1.29, 1.82) is 0 Å². The van der Waals surface area contributed by atoms with Crippen LogP contribution in [0.4, 0.5) is 0 Å². The van der Waals surface area contributed by atoms with E-state index in [2.05, 4.69) is 0 Å². The summed E-state index contributed by atoms with van der Waals surface area (Å²) in [4.78, 5) is 14.3. The third kappa shape index (κ3) is 4.30. The van der Waals surface area contributed by atoms with E-state index in [0.29, 0.717) is 19.5 Å². The van der Waals surface area contributed by atoms with Gasteiger partial charge in [-0.1, -0.05) is 30.3 Å². The number of hydrogen-bond acceptors (Lipinski definition) is 3. The predicted octanol–water partition coefficient (Wildman–Crippen LogP) is 1.85. The lowest BCUT2D eigenvalue weighted by molar-refractivity contribution is -0.133. The highest BCUT2D eigenvalue weighted by Crippen LogP contribution is 2.15. The molecule has 22 heavy (non-hydrogen) atoms. The Kier molecular flexibility index (Phi) is 5.58. The van der Waals surface area contributed by atoms with Crippen LogP contribution in [0.2, 0.25) is 0 Å². The Hall–Kier alpha value is -1.40. The molecule has 0 radical (unpaired) electrons. The van der Waals surface area contributed by atoms with Gasteiger partial charge < -0.3 is 4.90 Å². The fraction of sp³-hybridized carbons (Fsp3) is 0.562. The van der Waals surface area contributed by atoms with Crippen molar-refractivity contribution >= 4 is 15.9 Å². The van der Waals surface area contributed by atoms with Gasteiger partial charge in [-0.05, 0) is 32.3 Å². The third-order valence-electron chi connectivity index (χ3n) is 3.90. The summed E-state index contributed by atoms with van der Waals surface area (Å²) in [6, 6.07) is 9.78. The maximum absolute atomic E-state index is 12.6. The summed E-state index contributed by atoms with van der Waals surface area (Å²) in [5.41, 5.74) is 1.05. The fourth-order valence-electron chi connectivity index (χ4n) is 2.60. The van der Waals surface area contributed by atoms with Crippen LogP contribution in [0.15, 0.2) is 30.3 Å². The molecule has 1 saturated heterocycles. The lowest BCUT2D eigenvalue weighted by Crippen LogP contribution is -2.47. The van der Waals surface area contributed by atoms with Crippen LogP contribution in [0.5, 0.6) is 0 Å². The maximum atomic E-state index is 12.6. The highest BCUT2D eigenvalue weighted by atomic mass is 32.2. The van der Waals surface area contributed by atoms with Gasteiger partial charge in [0.05, 0.1) is 12.3 Å². The molecule has 1 aliphatic rings. The van der Waals surface area contributed by atoms with Crippen molar-refractivity contribution in [3.05, 3.63) is 35.9 Å². The smallest absolute Gasteiger partial charge is 0.238 e. The summed E-state index contributed by atoms with van der Waals surface area (Å²) in [5, 5.41) is 0. The maximum Gasteiger partial charge on any atom is 0.238 e. The van der Waals surface area contributed by atoms with E-state index in [1.54, 1.807) is 4.90 Å². The normalized spacial score (nSPS) is 18.3. The average Bonchev–Trinajstić information content (AvgIpc) is 2.47. The zero-order valence-corrected chi connectivity index (χ0v) is 14.1. The number of benzene rings is 1. The minimum atomic E-state index is -3.26. The fourth-order valence-corrected chi connectivity index (χ4v) is 4.14. The topological polar surface area (TPSA) is 57.7 Å². The second kappa shape index (κ2) is 7.24. The first-order valence-electron chi connectivity index (χ1n) is 7.71. The first kappa shape index (κ1) is 17.0. The molecule has 0 spiro atoms. The molecular weight excluding hydrogens is 300 g/mol. The molecule has 0 N–H and O–H groups in total. The molecule has 0 aromatic heterocycles. The third-order valence-corrected chi connectivity index (χ3v) is 5.81. The highest BCUT2D eigenvalue weighted by molar-refractivity contribution is 7.89. The number of nitrogens with zero attached hydrogens (tertiary/aromatic N) is 2. The van der Waals surface area contributed by atoms with Gasteiger partial charge in [-0.2, -0.15) is 4.31 Å². The number of sulfonamides is 1. The van der Waals surface area contributed by atoms with E-state index in [1.807, 2.05) is 44.2 Å². The van der Waals surface area contributed by atoms with Gasteiger partial charge in [0.2, 0.25) is 15.9 Å². The Morgan fingerprint density at radius 2 is 1.91 bits per heavy atom. The van der Waals surface area contributed by atoms with Crippen molar-refractivity contribution in [3.8, 4) is 0 Å². The molecule has 0 bridgehead atoms. The zero-order valence-electron chi connectivity index (χ0n) is 13.2. The summed E-state index contributed by atoms with van der Waals surface area (Å²) in [7, 11) is -3.26. The molecule has 0 aliphatic carbocycles. The molecular formula is C16H24N2O3S. The molecule has 0 saturated carbocycles. The van der Waals surface area contributed by atoms with Crippen molar-refractivity contribution in [2.45, 2.75) is 39.3 Å². The van der Waals surface area contributed by atoms with E-state index < -0.39 is 10.0 Å². The second-order valence-electron chi connectivity index (χ2n) is 5.96. The molecule has 6 heteroatoms. The van der Waals surface area contributed by atoms with E-state index in [4.69, 9.17) is 0 Å². The Morgan fingerprint density at radius 3 is 2.50 bits per heavy atom. The van der Waals surface area contributed by atoms with E-state index in [0.717, 1.165) is 12.0 Å². The first-order chi connectivity index (χ1) is 10.4. The summed E-state index contributed by atoms with van der Waals surface area (Å²) in [6.07, 6.45) is 1.51. The first-order valence-corrected chi connectivity index (χ1v) is 9.32. The van der Waals surface area contributed by atoms with Crippen LogP contribution in [0.1, 0.15) is 32.3 Å². The Balaban J connectivity index is 2.07. The van der Waals surface area contributed by atoms with Gasteiger partial charge in [0.25, 0.3) is 0 Å². The predicted molar refractivity (Wildman–Crippen MR) is 86.7 cm³/mol. The lowest BCUT2D eigenvalue weighted by Gasteiger charge is -2.31. The van der Waals surface area contributed by atoms with Crippen molar-refractivity contribution in [2.24, 2.45) is 0 Å². The summed E-state index contributed by atoms with van der Waals surface area (Å²) in [6.45, 7) is 4.81. The van der Waals surface area contributed by atoms with Gasteiger partial charge in [0.15, 0.2) is 0 Å². The van der Waals surface area contributed by atoms with Gasteiger partial charge in [-0.15, -0.1) is 0 Å². The number of amides is 1. The number of carbonyl (C=O) groups is 1. The Labute approximate surface area is 133 Å². The van der Waals surface area contributed by atoms with E-state index in [1.165, 1.54) is 4.31 Å². The van der Waals surface area contributed by atoms with Crippen LogP contribution in [-0.4, -0.2) is 48.4 Å². The van der Waals surface area contributed by atoms with Crippen LogP contribution < -0.4 is 0 Å². The van der Waals surface area contributed by atoms with Gasteiger partial charge in [0.1, 0.15) is 0 Å². The van der Waals surface area contributed by atoms with Crippen molar-refractivity contribution < 1.29 is 13.2 Å². The molecule has 122 valence electrons. The monoisotopic (exact) mass is 324 g/mol. The minimum absolute atomic E-state index is 0.0280. The molecule has 1 aromatic carbocycles. The van der Waals surface area contributed by atoms with Gasteiger partial charge in [0, 0.05) is 19.1 Å². The Morgan fingerprint density at radius 1 is 1.23 bits per heavy atom. The molecule has 1 aliphatic heterocycles. The number of hydrogen-bond donors (Lipinski definition) is 0. The molecule has 1 aromatic rings. The van der Waals surface area contributed by atoms with Crippen LogP contribution in [0, 0.1) is 0 Å². The van der Waals surface area contributed by atoms with E-state index in [-0.39, 0.29) is 24.2 Å². The van der Waals surface area contributed by atoms with Gasteiger partial charge >= 0.3 is 0 Å². The lowest BCUT2D eigenvalue weighted by atomic mass is 10.2. The van der Waals surface area contributed by atoms with Gasteiger partial charge in [-0.25, -0.2) is 8.42 Å². The summed E-state index contributed by atoms with van der Waals surface area (Å²) < 4.78 is 25.4. The van der Waals surface area contributed by atoms with Crippen LogP contribution >= 0.6 is 0 Å². The molecule has 2 rings (SSSR count). The van der Waals surface area contributed by atoms with Crippen molar-refractivity contribution in [2.75, 3.05) is 18.8 Å². The number of carbonyl (C=O) groups excluding carboxylic acids is 1. The minimum Gasteiger partial charge on any atom is -0.335 e. The van der Waals surface area contributed by atoms with Gasteiger partial charge in [-0.3, -0.25) is 4.79 Å². The standard InChI is InChI=1S/C16H24N2O3S/c1-14(2)18(12-15-8-4-3-5-9-15)16(19)13-17-10-6-7-11-22(17,20)21/h3-5,8-9,14H,6-7,10-13H2,1-2H3. The second-order valence-corrected chi connectivity index (χ2v) is 8.05. The number of rotatable bonds is 5. The molecule has 5 nitrogen and oxygen atoms in total. The molecule has 1 fully saturated rings. The highest BCUT2D eigenvalue weighted by Gasteiger charge is 2.29. The molecule has 0 atom stereocenters. The van der Waals surface area contributed by atoms with Crippen LogP contribution in [-0.2, 0) is 21.4 Å². The molecule has 1 amide bonds. The quantitative estimate of drug-likeness (QED) is 0.830. The largest absolute Gasteiger partial charge is 0.335 e. The molecule has 1 heterocycles. The van der Waals surface area contributed by atoms with Crippen molar-refractivity contribution in [1.82, 2.24) is 9.21 Å². The van der Waals surface area contributed by atoms with E-state index >= 15 is 0 Å². The summed E-state index contributed by atoms with van der Waals surface area (Å²) in [5.74, 6) is 0.0185. The van der Waals surface area contributed by atoms with Crippen LogP contribution in [0.3, 0.4) is 0 Å². The summed E-state index contributed by atoms with van der Waals surface area (Å²) >= 11 is 0. The van der Waals surface area contributed by atoms with E-state index in [9.17, 15) is 13.2 Å². The SMILES string of the molecule is CC(C)N(Cc1ccccc1)C(=O)CN1CCCCS1(=O)=O.